The van der Waals surface area contributed by atoms with Gasteiger partial charge in [0.15, 0.2) is 11.6 Å². The number of hydrogen-bond donors (Lipinski definition) is 4. The molecule has 0 unspecified atom stereocenters. The van der Waals surface area contributed by atoms with Gasteiger partial charge < -0.3 is 25.9 Å². The van der Waals surface area contributed by atoms with Crippen LogP contribution in [0.3, 0.4) is 0 Å². The number of aromatic hydroxyl groups is 1. The fraction of sp³-hybridized carbons (Fsp3) is 0.0400. The largest absolute Gasteiger partial charge is 0.508 e. The molecular weight excluding hydrogens is 449 g/mol. The van der Waals surface area contributed by atoms with Crippen LogP contribution in [0.5, 0.6) is 11.5 Å². The fourth-order valence-electron chi connectivity index (χ4n) is 3.53. The zero-order valence-electron chi connectivity index (χ0n) is 18.5. The summed E-state index contributed by atoms with van der Waals surface area (Å²) in [6.07, 6.45) is 3.20. The van der Waals surface area contributed by atoms with Crippen molar-refractivity contribution in [3.63, 3.8) is 0 Å². The summed E-state index contributed by atoms with van der Waals surface area (Å²) in [4.78, 5) is 21.2. The molecule has 0 radical (unpaired) electrons. The average molecular weight is 469 g/mol. The molecule has 5 aromatic rings. The number of phenols is 1. The van der Waals surface area contributed by atoms with Crippen molar-refractivity contribution in [2.24, 2.45) is 0 Å². The minimum atomic E-state index is -0.341. The van der Waals surface area contributed by atoms with Crippen molar-refractivity contribution < 1.29 is 14.2 Å². The first-order valence-corrected chi connectivity index (χ1v) is 10.6. The Balaban J connectivity index is 1.61. The number of methoxy groups -OCH3 is 1. The number of nitrogens with one attached hydrogen (secondary N) is 2. The lowest BCUT2D eigenvalue weighted by atomic mass is 10.1. The number of hydrogen-bond acceptors (Lipinski definition) is 8. The van der Waals surface area contributed by atoms with E-state index in [1.807, 2.05) is 0 Å². The number of benzene rings is 2. The summed E-state index contributed by atoms with van der Waals surface area (Å²) in [5, 5.41) is 12.8. The van der Waals surface area contributed by atoms with Crippen LogP contribution in [0.4, 0.5) is 21.8 Å². The Labute approximate surface area is 199 Å². The Kier molecular flexibility index (Phi) is 5.68. The molecule has 0 spiro atoms. The number of aromatic nitrogens is 5. The van der Waals surface area contributed by atoms with Gasteiger partial charge >= 0.3 is 0 Å². The van der Waals surface area contributed by atoms with E-state index in [4.69, 9.17) is 15.5 Å². The first-order chi connectivity index (χ1) is 17.0. The highest BCUT2D eigenvalue weighted by Gasteiger charge is 2.19. The van der Waals surface area contributed by atoms with E-state index in [1.54, 1.807) is 60.9 Å². The summed E-state index contributed by atoms with van der Waals surface area (Å²) in [6, 6.07) is 16.1. The van der Waals surface area contributed by atoms with Gasteiger partial charge in [-0.2, -0.15) is 0 Å². The zero-order chi connectivity index (χ0) is 24.4. The average Bonchev–Trinajstić information content (AvgIpc) is 3.30. The molecule has 0 aliphatic heterocycles. The minimum absolute atomic E-state index is 0.121. The van der Waals surface area contributed by atoms with Crippen LogP contribution < -0.4 is 15.8 Å². The van der Waals surface area contributed by atoms with Crippen LogP contribution in [-0.4, -0.2) is 37.1 Å². The van der Waals surface area contributed by atoms with Gasteiger partial charge in [-0.05, 0) is 48.5 Å². The lowest BCUT2D eigenvalue weighted by molar-refractivity contribution is 0.415. The molecule has 10 heteroatoms. The molecule has 0 amide bonds. The van der Waals surface area contributed by atoms with Gasteiger partial charge in [0.25, 0.3) is 0 Å². The first-order valence-electron chi connectivity index (χ1n) is 10.6. The van der Waals surface area contributed by atoms with E-state index >= 15 is 0 Å². The number of aromatic amines is 1. The summed E-state index contributed by atoms with van der Waals surface area (Å²) >= 11 is 0. The molecule has 9 nitrogen and oxygen atoms in total. The van der Waals surface area contributed by atoms with Crippen LogP contribution in [0.1, 0.15) is 0 Å². The third-order valence-corrected chi connectivity index (χ3v) is 5.21. The summed E-state index contributed by atoms with van der Waals surface area (Å²) in [5.74, 6) is 1.29. The summed E-state index contributed by atoms with van der Waals surface area (Å²) in [5.41, 5.74) is 9.57. The van der Waals surface area contributed by atoms with Crippen LogP contribution in [0.15, 0.2) is 73.1 Å². The molecule has 5 rings (SSSR count). The van der Waals surface area contributed by atoms with Gasteiger partial charge in [0.2, 0.25) is 5.95 Å². The Morgan fingerprint density at radius 3 is 2.60 bits per heavy atom. The molecule has 0 saturated carbocycles. The molecule has 35 heavy (non-hydrogen) atoms. The van der Waals surface area contributed by atoms with Crippen molar-refractivity contribution in [3.05, 3.63) is 78.9 Å². The summed E-state index contributed by atoms with van der Waals surface area (Å²) < 4.78 is 18.8. The second-order valence-corrected chi connectivity index (χ2v) is 7.57. The molecule has 3 heterocycles. The number of phenolic OH excluding ortho intramolecular Hbond substituents is 1. The van der Waals surface area contributed by atoms with Crippen LogP contribution in [0, 0.1) is 5.82 Å². The summed E-state index contributed by atoms with van der Waals surface area (Å²) in [7, 11) is 1.51. The predicted octanol–water partition coefficient (Wildman–Crippen LogP) is 4.77. The van der Waals surface area contributed by atoms with E-state index in [1.165, 1.54) is 19.2 Å². The number of anilines is 3. The topological polar surface area (TPSA) is 135 Å². The van der Waals surface area contributed by atoms with Crippen molar-refractivity contribution in [2.75, 3.05) is 18.2 Å². The lowest BCUT2D eigenvalue weighted by Gasteiger charge is -2.08. The van der Waals surface area contributed by atoms with Crippen LogP contribution in [0.2, 0.25) is 0 Å². The minimum Gasteiger partial charge on any atom is -0.508 e. The van der Waals surface area contributed by atoms with Crippen molar-refractivity contribution in [1.29, 1.82) is 0 Å². The van der Waals surface area contributed by atoms with Gasteiger partial charge in [-0.15, -0.1) is 0 Å². The van der Waals surface area contributed by atoms with E-state index in [-0.39, 0.29) is 17.4 Å². The van der Waals surface area contributed by atoms with Gasteiger partial charge in [-0.25, -0.2) is 24.3 Å². The molecule has 174 valence electrons. The Bertz CT molecular complexity index is 1500. The third-order valence-electron chi connectivity index (χ3n) is 5.21. The highest BCUT2D eigenvalue weighted by molar-refractivity contribution is 5.81. The number of ether oxygens (including phenoxy) is 1. The van der Waals surface area contributed by atoms with Gasteiger partial charge in [0.1, 0.15) is 23.1 Å². The van der Waals surface area contributed by atoms with Crippen molar-refractivity contribution in [3.8, 4) is 45.5 Å². The number of nitrogens with zero attached hydrogens (tertiary/aromatic N) is 4. The van der Waals surface area contributed by atoms with Crippen LogP contribution in [0.25, 0.3) is 34.0 Å². The number of H-pyrrole nitrogens is 1. The second-order valence-electron chi connectivity index (χ2n) is 7.57. The SMILES string of the molecule is COc1cc(-c2nc(-c3ccc(F)cc3)[nH]c2-c2ccnc(Nc3cccc(O)c3)n2)cnc1N. The zero-order valence-corrected chi connectivity index (χ0v) is 18.5. The fourth-order valence-corrected chi connectivity index (χ4v) is 3.53. The maximum absolute atomic E-state index is 13.5. The first kappa shape index (κ1) is 21.8. The van der Waals surface area contributed by atoms with Gasteiger partial charge in [0.05, 0.1) is 18.5 Å². The van der Waals surface area contributed by atoms with Gasteiger partial charge in [0, 0.05) is 35.3 Å². The molecular formula is C25H20FN7O2. The van der Waals surface area contributed by atoms with Gasteiger partial charge in [-0.1, -0.05) is 6.07 Å². The van der Waals surface area contributed by atoms with E-state index in [9.17, 15) is 9.50 Å². The van der Waals surface area contributed by atoms with Crippen molar-refractivity contribution in [1.82, 2.24) is 24.9 Å². The Hall–Kier alpha value is -4.99. The van der Waals surface area contributed by atoms with E-state index in [2.05, 4.69) is 25.3 Å². The molecule has 5 N–H and O–H groups in total. The normalized spacial score (nSPS) is 10.8. The third kappa shape index (κ3) is 4.58. The highest BCUT2D eigenvalue weighted by Crippen LogP contribution is 2.35. The lowest BCUT2D eigenvalue weighted by Crippen LogP contribution is -1.99. The summed E-state index contributed by atoms with van der Waals surface area (Å²) in [6.45, 7) is 0. The molecule has 3 aromatic heterocycles. The number of nitrogens with two attached hydrogens (primary N) is 1. The quantitative estimate of drug-likeness (QED) is 0.279. The molecule has 0 fully saturated rings. The molecule has 2 aromatic carbocycles. The smallest absolute Gasteiger partial charge is 0.227 e. The maximum atomic E-state index is 13.5. The van der Waals surface area contributed by atoms with E-state index in [0.717, 1.165) is 0 Å². The maximum Gasteiger partial charge on any atom is 0.227 e. The monoisotopic (exact) mass is 469 g/mol. The van der Waals surface area contributed by atoms with Crippen LogP contribution in [-0.2, 0) is 0 Å². The van der Waals surface area contributed by atoms with Crippen molar-refractivity contribution >= 4 is 17.5 Å². The predicted molar refractivity (Wildman–Crippen MR) is 131 cm³/mol. The number of nitrogen functional groups attached to an aromatic ring is 1. The molecule has 0 bridgehead atoms. The number of imidazole rings is 1. The number of halogens is 1. The van der Waals surface area contributed by atoms with E-state index < -0.39 is 0 Å². The number of rotatable bonds is 6. The highest BCUT2D eigenvalue weighted by atomic mass is 19.1. The molecule has 0 aliphatic carbocycles. The Morgan fingerprint density at radius 2 is 1.83 bits per heavy atom. The van der Waals surface area contributed by atoms with E-state index in [0.29, 0.717) is 51.4 Å². The van der Waals surface area contributed by atoms with Crippen LogP contribution >= 0.6 is 0 Å². The number of pyridine rings is 1. The molecule has 0 atom stereocenters. The second kappa shape index (κ2) is 9.10. The standard InChI is InChI=1S/C25H20FN7O2/c1-35-20-11-15(13-29-23(20)27)21-22(33-24(32-21)14-5-7-16(26)8-6-14)19-9-10-28-25(31-19)30-17-3-2-4-18(34)12-17/h2-13,34H,1H3,(H2,27,29)(H,32,33)(H,28,30,31). The molecule has 0 aliphatic rings. The van der Waals surface area contributed by atoms with Crippen molar-refractivity contribution in [2.45, 2.75) is 0 Å². The Morgan fingerprint density at radius 1 is 1.00 bits per heavy atom. The van der Waals surface area contributed by atoms with Gasteiger partial charge in [-0.3, -0.25) is 0 Å². The molecule has 0 saturated heterocycles.